The summed E-state index contributed by atoms with van der Waals surface area (Å²) < 4.78 is 62.3. The standard InChI is InChI=1S/C28H22ClF4N5O4/c1-15(2)38(26(39)22-6-5-17(29)13-36-22)23-10-21(30)24(9-19(23)27(40)41)42-25-20(28(31,32)33)8-16(12-37-25)11-35-18-4-3-7-34-14-18/h3-10,12-15,35H,11H2,1-2H3,(H,40,41). The van der Waals surface area contributed by atoms with Crippen molar-refractivity contribution in [3.63, 3.8) is 0 Å². The molecule has 0 saturated heterocycles. The van der Waals surface area contributed by atoms with Crippen LogP contribution in [0.2, 0.25) is 5.02 Å². The number of carbonyl (C=O) groups is 2. The molecule has 3 aromatic heterocycles. The van der Waals surface area contributed by atoms with Gasteiger partial charge in [-0.3, -0.25) is 9.78 Å². The molecule has 0 aliphatic carbocycles. The maximum Gasteiger partial charge on any atom is 0.421 e. The van der Waals surface area contributed by atoms with E-state index in [1.54, 1.807) is 26.0 Å². The first-order valence-corrected chi connectivity index (χ1v) is 12.6. The van der Waals surface area contributed by atoms with Crippen LogP contribution in [0.1, 0.15) is 45.8 Å². The molecule has 0 bridgehead atoms. The van der Waals surface area contributed by atoms with E-state index < -0.39 is 52.7 Å². The zero-order valence-electron chi connectivity index (χ0n) is 22.0. The number of pyridine rings is 3. The highest BCUT2D eigenvalue weighted by Gasteiger charge is 2.36. The highest BCUT2D eigenvalue weighted by atomic mass is 35.5. The molecule has 0 radical (unpaired) electrons. The molecule has 0 aliphatic heterocycles. The molecular weight excluding hydrogens is 582 g/mol. The van der Waals surface area contributed by atoms with Crippen molar-refractivity contribution in [2.75, 3.05) is 10.2 Å². The summed E-state index contributed by atoms with van der Waals surface area (Å²) in [5, 5.41) is 13.0. The van der Waals surface area contributed by atoms with Gasteiger partial charge in [0, 0.05) is 49.5 Å². The number of hydrogen-bond acceptors (Lipinski definition) is 7. The van der Waals surface area contributed by atoms with Crippen LogP contribution >= 0.6 is 11.6 Å². The third-order valence-corrected chi connectivity index (χ3v) is 6.02. The predicted octanol–water partition coefficient (Wildman–Crippen LogP) is 6.84. The summed E-state index contributed by atoms with van der Waals surface area (Å²) in [7, 11) is 0. The van der Waals surface area contributed by atoms with E-state index in [1.165, 1.54) is 30.7 Å². The number of nitrogens with one attached hydrogen (secondary N) is 1. The number of ether oxygens (including phenoxy) is 1. The molecular formula is C28H22ClF4N5O4. The van der Waals surface area contributed by atoms with Crippen LogP contribution in [0.3, 0.4) is 0 Å². The Morgan fingerprint density at radius 3 is 2.45 bits per heavy atom. The van der Waals surface area contributed by atoms with Gasteiger partial charge in [0.05, 0.1) is 22.0 Å². The molecule has 1 amide bonds. The Kier molecular flexibility index (Phi) is 8.90. The average Bonchev–Trinajstić information content (AvgIpc) is 2.93. The lowest BCUT2D eigenvalue weighted by Gasteiger charge is -2.28. The second-order valence-electron chi connectivity index (χ2n) is 9.13. The van der Waals surface area contributed by atoms with Gasteiger partial charge in [0.15, 0.2) is 11.6 Å². The number of anilines is 2. The van der Waals surface area contributed by atoms with Gasteiger partial charge in [-0.05, 0) is 49.7 Å². The Hall–Kier alpha value is -4.78. The van der Waals surface area contributed by atoms with Crippen LogP contribution in [0.4, 0.5) is 28.9 Å². The lowest BCUT2D eigenvalue weighted by atomic mass is 10.1. The lowest BCUT2D eigenvalue weighted by molar-refractivity contribution is -0.139. The first-order chi connectivity index (χ1) is 19.8. The van der Waals surface area contributed by atoms with Gasteiger partial charge < -0.3 is 20.1 Å². The minimum atomic E-state index is -4.94. The van der Waals surface area contributed by atoms with Crippen LogP contribution in [0.15, 0.2) is 67.3 Å². The molecule has 0 atom stereocenters. The molecule has 42 heavy (non-hydrogen) atoms. The largest absolute Gasteiger partial charge is 0.478 e. The summed E-state index contributed by atoms with van der Waals surface area (Å²) in [6.07, 6.45) is 0.412. The summed E-state index contributed by atoms with van der Waals surface area (Å²) in [6.45, 7) is 3.09. The number of hydrogen-bond donors (Lipinski definition) is 2. The second kappa shape index (κ2) is 12.4. The van der Waals surface area contributed by atoms with Gasteiger partial charge in [0.25, 0.3) is 5.91 Å². The molecule has 0 fully saturated rings. The minimum Gasteiger partial charge on any atom is -0.478 e. The fraction of sp³-hybridized carbons (Fsp3) is 0.179. The lowest BCUT2D eigenvalue weighted by Crippen LogP contribution is -2.38. The molecule has 0 aliphatic rings. The Balaban J connectivity index is 1.70. The minimum absolute atomic E-state index is 0.0319. The van der Waals surface area contributed by atoms with Gasteiger partial charge in [-0.15, -0.1) is 0 Å². The number of rotatable bonds is 9. The highest BCUT2D eigenvalue weighted by molar-refractivity contribution is 6.30. The molecule has 1 aromatic carbocycles. The Bertz CT molecular complexity index is 1600. The van der Waals surface area contributed by atoms with Crippen molar-refractivity contribution in [1.29, 1.82) is 0 Å². The number of benzene rings is 1. The van der Waals surface area contributed by atoms with Crippen molar-refractivity contribution in [3.05, 3.63) is 100 Å². The number of aromatic nitrogens is 3. The summed E-state index contributed by atoms with van der Waals surface area (Å²) in [6, 6.07) is 7.55. The van der Waals surface area contributed by atoms with Crippen LogP contribution in [0.25, 0.3) is 0 Å². The average molecular weight is 604 g/mol. The van der Waals surface area contributed by atoms with Crippen molar-refractivity contribution in [3.8, 4) is 11.6 Å². The van der Waals surface area contributed by atoms with Crippen molar-refractivity contribution in [2.45, 2.75) is 32.6 Å². The van der Waals surface area contributed by atoms with E-state index in [2.05, 4.69) is 20.3 Å². The third kappa shape index (κ3) is 6.92. The fourth-order valence-electron chi connectivity index (χ4n) is 3.89. The monoisotopic (exact) mass is 603 g/mol. The van der Waals surface area contributed by atoms with Gasteiger partial charge in [-0.2, -0.15) is 13.2 Å². The number of alkyl halides is 3. The van der Waals surface area contributed by atoms with E-state index in [1.807, 2.05) is 0 Å². The normalized spacial score (nSPS) is 11.3. The first kappa shape index (κ1) is 30.2. The maximum absolute atomic E-state index is 15.3. The van der Waals surface area contributed by atoms with Gasteiger partial charge in [-0.1, -0.05) is 11.6 Å². The molecule has 0 unspecified atom stereocenters. The number of halogens is 5. The number of carboxylic acids is 1. The molecule has 2 N–H and O–H groups in total. The number of amides is 1. The van der Waals surface area contributed by atoms with E-state index >= 15 is 4.39 Å². The third-order valence-electron chi connectivity index (χ3n) is 5.80. The van der Waals surface area contributed by atoms with Crippen LogP contribution in [-0.4, -0.2) is 38.0 Å². The zero-order valence-corrected chi connectivity index (χ0v) is 22.7. The number of carboxylic acid groups (broad SMARTS) is 1. The Labute approximate surface area is 241 Å². The van der Waals surface area contributed by atoms with Gasteiger partial charge >= 0.3 is 12.1 Å². The summed E-state index contributed by atoms with van der Waals surface area (Å²) in [5.74, 6) is -5.39. The van der Waals surface area contributed by atoms with E-state index in [-0.39, 0.29) is 28.5 Å². The predicted molar refractivity (Wildman–Crippen MR) is 145 cm³/mol. The molecule has 14 heteroatoms. The quantitative estimate of drug-likeness (QED) is 0.200. The number of aromatic carboxylic acids is 1. The highest BCUT2D eigenvalue weighted by Crippen LogP contribution is 2.39. The van der Waals surface area contributed by atoms with Crippen molar-refractivity contribution in [2.24, 2.45) is 0 Å². The van der Waals surface area contributed by atoms with Crippen LogP contribution < -0.4 is 15.0 Å². The van der Waals surface area contributed by atoms with Crippen LogP contribution in [0, 0.1) is 5.82 Å². The van der Waals surface area contributed by atoms with Gasteiger partial charge in [0.1, 0.15) is 11.3 Å². The molecule has 0 saturated carbocycles. The summed E-state index contributed by atoms with van der Waals surface area (Å²) in [4.78, 5) is 38.0. The molecule has 9 nitrogen and oxygen atoms in total. The van der Waals surface area contributed by atoms with Crippen molar-refractivity contribution in [1.82, 2.24) is 15.0 Å². The second-order valence-corrected chi connectivity index (χ2v) is 9.56. The first-order valence-electron chi connectivity index (χ1n) is 12.2. The van der Waals surface area contributed by atoms with Gasteiger partial charge in [-0.25, -0.2) is 19.2 Å². The number of carbonyl (C=O) groups excluding carboxylic acids is 1. The van der Waals surface area contributed by atoms with E-state index in [0.29, 0.717) is 17.8 Å². The Morgan fingerprint density at radius 2 is 1.86 bits per heavy atom. The van der Waals surface area contributed by atoms with E-state index in [4.69, 9.17) is 16.3 Å². The summed E-state index contributed by atoms with van der Waals surface area (Å²) >= 11 is 5.83. The zero-order chi connectivity index (χ0) is 30.6. The molecule has 218 valence electrons. The van der Waals surface area contributed by atoms with Gasteiger partial charge in [0.2, 0.25) is 5.88 Å². The number of nitrogens with zero attached hydrogens (tertiary/aromatic N) is 4. The van der Waals surface area contributed by atoms with Crippen LogP contribution in [-0.2, 0) is 12.7 Å². The maximum atomic E-state index is 15.3. The summed E-state index contributed by atoms with van der Waals surface area (Å²) in [5.41, 5.74) is -1.65. The molecule has 3 heterocycles. The molecule has 4 aromatic rings. The molecule has 0 spiro atoms. The Morgan fingerprint density at radius 1 is 1.10 bits per heavy atom. The smallest absolute Gasteiger partial charge is 0.421 e. The molecule has 4 rings (SSSR count). The topological polar surface area (TPSA) is 118 Å². The van der Waals surface area contributed by atoms with Crippen molar-refractivity contribution < 1.29 is 37.0 Å². The van der Waals surface area contributed by atoms with E-state index in [9.17, 15) is 27.9 Å². The van der Waals surface area contributed by atoms with Crippen LogP contribution in [0.5, 0.6) is 11.6 Å². The SMILES string of the molecule is CC(C)N(C(=O)c1ccc(Cl)cn1)c1cc(F)c(Oc2ncc(CNc3cccnc3)cc2C(F)(F)F)cc1C(=O)O. The van der Waals surface area contributed by atoms with E-state index in [0.717, 1.165) is 17.2 Å². The van der Waals surface area contributed by atoms with Crippen molar-refractivity contribution >= 4 is 34.9 Å². The fourth-order valence-corrected chi connectivity index (χ4v) is 4.00.